The number of nitrogens with zero attached hydrogens (tertiary/aromatic N) is 1. The van der Waals surface area contributed by atoms with Gasteiger partial charge in [-0.2, -0.15) is 0 Å². The lowest BCUT2D eigenvalue weighted by molar-refractivity contribution is 0.219. The second-order valence-corrected chi connectivity index (χ2v) is 7.58. The number of benzene rings is 2. The summed E-state index contributed by atoms with van der Waals surface area (Å²) >= 11 is 6.09. The van der Waals surface area contributed by atoms with Crippen molar-refractivity contribution in [3.8, 4) is 5.75 Å². The van der Waals surface area contributed by atoms with Crippen LogP contribution in [-0.2, 0) is 15.8 Å². The molecule has 0 amide bonds. The highest BCUT2D eigenvalue weighted by Gasteiger charge is 2.31. The summed E-state index contributed by atoms with van der Waals surface area (Å²) in [5.41, 5.74) is 1.17. The van der Waals surface area contributed by atoms with Gasteiger partial charge in [0.05, 0.1) is 18.0 Å². The Bertz CT molecular complexity index is 791. The molecule has 0 saturated carbocycles. The van der Waals surface area contributed by atoms with E-state index in [2.05, 4.69) is 0 Å². The van der Waals surface area contributed by atoms with E-state index in [1.165, 1.54) is 4.31 Å². The van der Waals surface area contributed by atoms with E-state index in [-0.39, 0.29) is 11.9 Å². The van der Waals surface area contributed by atoms with Crippen molar-refractivity contribution < 1.29 is 13.2 Å². The number of sulfonamides is 1. The molecule has 0 bridgehead atoms. The largest absolute Gasteiger partial charge is 0.487 e. The zero-order chi connectivity index (χ0) is 15.7. The first-order valence-corrected chi connectivity index (χ1v) is 8.95. The third-order valence-corrected chi connectivity index (χ3v) is 5.58. The molecule has 0 saturated heterocycles. The van der Waals surface area contributed by atoms with Crippen LogP contribution in [0.3, 0.4) is 0 Å². The summed E-state index contributed by atoms with van der Waals surface area (Å²) in [7, 11) is -3.54. The van der Waals surface area contributed by atoms with Crippen molar-refractivity contribution in [3.05, 3.63) is 59.1 Å². The molecule has 0 radical (unpaired) electrons. The van der Waals surface area contributed by atoms with Gasteiger partial charge in [0.25, 0.3) is 0 Å². The molecule has 3 rings (SSSR count). The minimum Gasteiger partial charge on any atom is -0.487 e. The Labute approximate surface area is 135 Å². The molecule has 0 spiro atoms. The second kappa shape index (κ2) is 5.82. The highest BCUT2D eigenvalue weighted by Crippen LogP contribution is 2.35. The van der Waals surface area contributed by atoms with Crippen LogP contribution in [0, 0.1) is 0 Å². The first kappa shape index (κ1) is 15.2. The summed E-state index contributed by atoms with van der Waals surface area (Å²) in [5.74, 6) is 0.456. The molecule has 6 heteroatoms. The highest BCUT2D eigenvalue weighted by atomic mass is 35.5. The molecule has 2 aromatic rings. The molecule has 0 fully saturated rings. The number of rotatable bonds is 3. The normalized spacial score (nSPS) is 17.7. The van der Waals surface area contributed by atoms with Gasteiger partial charge in [0.2, 0.25) is 10.0 Å². The van der Waals surface area contributed by atoms with Crippen LogP contribution in [0.2, 0.25) is 5.02 Å². The van der Waals surface area contributed by atoms with E-state index in [1.807, 2.05) is 13.0 Å². The first-order valence-electron chi connectivity index (χ1n) is 6.97. The van der Waals surface area contributed by atoms with E-state index in [4.69, 9.17) is 16.3 Å². The van der Waals surface area contributed by atoms with Crippen molar-refractivity contribution in [2.24, 2.45) is 0 Å². The van der Waals surface area contributed by atoms with Crippen LogP contribution in [0.5, 0.6) is 5.75 Å². The predicted octanol–water partition coefficient (Wildman–Crippen LogP) is 3.46. The molecule has 0 N–H and O–H groups in total. The van der Waals surface area contributed by atoms with Crippen LogP contribution in [0.4, 0.5) is 5.69 Å². The summed E-state index contributed by atoms with van der Waals surface area (Å²) in [6, 6.07) is 14.2. The third kappa shape index (κ3) is 2.91. The summed E-state index contributed by atoms with van der Waals surface area (Å²) in [6.07, 6.45) is -0.198. The lowest BCUT2D eigenvalue weighted by Crippen LogP contribution is -2.42. The molecule has 0 aromatic heterocycles. The molecule has 22 heavy (non-hydrogen) atoms. The van der Waals surface area contributed by atoms with E-state index in [1.54, 1.807) is 42.5 Å². The maximum Gasteiger partial charge on any atom is 0.239 e. The second-order valence-electron chi connectivity index (χ2n) is 5.27. The van der Waals surface area contributed by atoms with Crippen LogP contribution in [0.15, 0.2) is 48.5 Å². The topological polar surface area (TPSA) is 46.6 Å². The average molecular weight is 338 g/mol. The van der Waals surface area contributed by atoms with Gasteiger partial charge in [0, 0.05) is 5.02 Å². The molecule has 2 aromatic carbocycles. The zero-order valence-corrected chi connectivity index (χ0v) is 13.6. The van der Waals surface area contributed by atoms with Crippen LogP contribution >= 0.6 is 11.6 Å². The van der Waals surface area contributed by atoms with Crippen molar-refractivity contribution >= 4 is 27.3 Å². The standard InChI is InChI=1S/C16H16ClNO3S/c1-12-10-18(15-8-4-5-9-16(15)21-12)22(19,20)11-13-6-2-3-7-14(13)17/h2-9,12H,10-11H2,1H3. The van der Waals surface area contributed by atoms with Gasteiger partial charge >= 0.3 is 0 Å². The molecule has 1 aliphatic heterocycles. The van der Waals surface area contributed by atoms with E-state index < -0.39 is 10.0 Å². The summed E-state index contributed by atoms with van der Waals surface area (Å²) in [5, 5.41) is 0.459. The number of fused-ring (bicyclic) bond motifs is 1. The van der Waals surface area contributed by atoms with Crippen LogP contribution in [0.25, 0.3) is 0 Å². The van der Waals surface area contributed by atoms with E-state index >= 15 is 0 Å². The molecule has 1 heterocycles. The van der Waals surface area contributed by atoms with Crippen molar-refractivity contribution in [2.75, 3.05) is 10.8 Å². The monoisotopic (exact) mass is 337 g/mol. The van der Waals surface area contributed by atoms with Gasteiger partial charge in [0.1, 0.15) is 11.9 Å². The minimum absolute atomic E-state index is 0.131. The van der Waals surface area contributed by atoms with Gasteiger partial charge < -0.3 is 4.74 Å². The predicted molar refractivity (Wildman–Crippen MR) is 88.0 cm³/mol. The van der Waals surface area contributed by atoms with Gasteiger partial charge in [-0.1, -0.05) is 41.9 Å². The van der Waals surface area contributed by atoms with E-state index in [0.717, 1.165) is 0 Å². The first-order chi connectivity index (χ1) is 10.5. The highest BCUT2D eigenvalue weighted by molar-refractivity contribution is 7.92. The Morgan fingerprint density at radius 2 is 1.86 bits per heavy atom. The Morgan fingerprint density at radius 3 is 2.64 bits per heavy atom. The fourth-order valence-corrected chi connectivity index (χ4v) is 4.47. The molecule has 0 aliphatic carbocycles. The minimum atomic E-state index is -3.54. The van der Waals surface area contributed by atoms with Crippen molar-refractivity contribution in [2.45, 2.75) is 18.8 Å². The van der Waals surface area contributed by atoms with Gasteiger partial charge in [0.15, 0.2) is 0 Å². The Balaban J connectivity index is 1.98. The number of halogens is 1. The van der Waals surface area contributed by atoms with Gasteiger partial charge in [-0.15, -0.1) is 0 Å². The molecular formula is C16H16ClNO3S. The van der Waals surface area contributed by atoms with Crippen LogP contribution in [0.1, 0.15) is 12.5 Å². The Hall–Kier alpha value is -1.72. The lowest BCUT2D eigenvalue weighted by Gasteiger charge is -2.34. The number of ether oxygens (including phenoxy) is 1. The molecule has 116 valence electrons. The SMILES string of the molecule is CC1CN(S(=O)(=O)Cc2ccccc2Cl)c2ccccc2O1. The summed E-state index contributed by atoms with van der Waals surface area (Å²) in [4.78, 5) is 0. The molecular weight excluding hydrogens is 322 g/mol. The van der Waals surface area contributed by atoms with Gasteiger partial charge in [-0.3, -0.25) is 4.31 Å². The maximum atomic E-state index is 12.8. The lowest BCUT2D eigenvalue weighted by atomic mass is 10.2. The van der Waals surface area contributed by atoms with Gasteiger partial charge in [-0.25, -0.2) is 8.42 Å². The number of anilines is 1. The number of hydrogen-bond acceptors (Lipinski definition) is 3. The fraction of sp³-hybridized carbons (Fsp3) is 0.250. The maximum absolute atomic E-state index is 12.8. The third-order valence-electron chi connectivity index (χ3n) is 3.52. The summed E-state index contributed by atoms with van der Waals surface area (Å²) in [6.45, 7) is 2.15. The van der Waals surface area contributed by atoms with Gasteiger partial charge in [-0.05, 0) is 30.7 Å². The van der Waals surface area contributed by atoms with Crippen molar-refractivity contribution in [1.29, 1.82) is 0 Å². The average Bonchev–Trinajstić information content (AvgIpc) is 2.48. The number of hydrogen-bond donors (Lipinski definition) is 0. The van der Waals surface area contributed by atoms with Crippen LogP contribution in [-0.4, -0.2) is 21.1 Å². The fourth-order valence-electron chi connectivity index (χ4n) is 2.50. The van der Waals surface area contributed by atoms with Crippen LogP contribution < -0.4 is 9.04 Å². The molecule has 4 nitrogen and oxygen atoms in total. The van der Waals surface area contributed by atoms with Crippen molar-refractivity contribution in [3.63, 3.8) is 0 Å². The van der Waals surface area contributed by atoms with Crippen molar-refractivity contribution in [1.82, 2.24) is 0 Å². The van der Waals surface area contributed by atoms with E-state index in [0.29, 0.717) is 28.6 Å². The Morgan fingerprint density at radius 1 is 1.18 bits per heavy atom. The zero-order valence-electron chi connectivity index (χ0n) is 12.1. The molecule has 1 aliphatic rings. The Kier molecular flexibility index (Phi) is 4.02. The molecule has 1 unspecified atom stereocenters. The quantitative estimate of drug-likeness (QED) is 0.861. The van der Waals surface area contributed by atoms with E-state index in [9.17, 15) is 8.42 Å². The molecule has 1 atom stereocenters. The number of para-hydroxylation sites is 2. The smallest absolute Gasteiger partial charge is 0.239 e. The summed E-state index contributed by atoms with van der Waals surface area (Å²) < 4.78 is 32.8.